The first kappa shape index (κ1) is 9.04. The summed E-state index contributed by atoms with van der Waals surface area (Å²) >= 11 is 5.81. The van der Waals surface area contributed by atoms with E-state index in [2.05, 4.69) is 17.4 Å². The summed E-state index contributed by atoms with van der Waals surface area (Å²) in [6.07, 6.45) is 2.44. The lowest BCUT2D eigenvalue weighted by atomic mass is 9.90. The van der Waals surface area contributed by atoms with Crippen LogP contribution in [0.15, 0.2) is 18.2 Å². The maximum absolute atomic E-state index is 5.81. The number of rotatable bonds is 1. The molecule has 1 radical (unpaired) electrons. The van der Waals surface area contributed by atoms with Crippen molar-refractivity contribution in [2.75, 3.05) is 13.1 Å². The van der Waals surface area contributed by atoms with E-state index < -0.39 is 0 Å². The molecule has 1 heterocycles. The van der Waals surface area contributed by atoms with Gasteiger partial charge in [-0.15, -0.1) is 0 Å². The van der Waals surface area contributed by atoms with Crippen molar-refractivity contribution < 1.29 is 0 Å². The van der Waals surface area contributed by atoms with Gasteiger partial charge in [-0.25, -0.2) is 0 Å². The van der Waals surface area contributed by atoms with Crippen LogP contribution in [-0.4, -0.2) is 13.1 Å². The lowest BCUT2D eigenvalue weighted by molar-refractivity contribution is 0.460. The first-order valence-electron chi connectivity index (χ1n) is 4.74. The average Bonchev–Trinajstić information content (AvgIpc) is 2.20. The van der Waals surface area contributed by atoms with Gasteiger partial charge in [-0.1, -0.05) is 17.7 Å². The minimum Gasteiger partial charge on any atom is -0.317 e. The molecule has 1 aliphatic rings. The second-order valence-electron chi connectivity index (χ2n) is 3.49. The van der Waals surface area contributed by atoms with Crippen molar-refractivity contribution in [1.29, 1.82) is 0 Å². The zero-order chi connectivity index (χ0) is 9.10. The van der Waals surface area contributed by atoms with Gasteiger partial charge in [0.25, 0.3) is 0 Å². The molecule has 2 heteroatoms. The predicted molar refractivity (Wildman–Crippen MR) is 55.1 cm³/mol. The SMILES string of the molecule is Clc1c[c]c(C2CCNCC2)cc1. The summed E-state index contributed by atoms with van der Waals surface area (Å²) in [4.78, 5) is 0. The number of nitrogens with one attached hydrogen (secondary N) is 1. The quantitative estimate of drug-likeness (QED) is 0.725. The normalized spacial score (nSPS) is 18.8. The summed E-state index contributed by atoms with van der Waals surface area (Å²) in [6.45, 7) is 2.25. The number of halogens is 1. The van der Waals surface area contributed by atoms with Crippen molar-refractivity contribution in [3.8, 4) is 0 Å². The van der Waals surface area contributed by atoms with Crippen molar-refractivity contribution in [3.05, 3.63) is 34.9 Å². The van der Waals surface area contributed by atoms with Crippen LogP contribution in [0.5, 0.6) is 0 Å². The topological polar surface area (TPSA) is 12.0 Å². The van der Waals surface area contributed by atoms with E-state index in [1.165, 1.54) is 18.4 Å². The van der Waals surface area contributed by atoms with Crippen LogP contribution in [0.25, 0.3) is 0 Å². The Balaban J connectivity index is 2.10. The molecule has 0 spiro atoms. The molecule has 1 saturated heterocycles. The first-order chi connectivity index (χ1) is 6.36. The molecule has 0 atom stereocenters. The summed E-state index contributed by atoms with van der Waals surface area (Å²) in [5.74, 6) is 0.679. The van der Waals surface area contributed by atoms with Crippen molar-refractivity contribution in [2.24, 2.45) is 0 Å². The largest absolute Gasteiger partial charge is 0.317 e. The van der Waals surface area contributed by atoms with Crippen LogP contribution in [0.2, 0.25) is 5.02 Å². The fourth-order valence-corrected chi connectivity index (χ4v) is 1.92. The van der Waals surface area contributed by atoms with E-state index in [0.29, 0.717) is 5.92 Å². The van der Waals surface area contributed by atoms with Gasteiger partial charge in [0.15, 0.2) is 0 Å². The molecule has 0 saturated carbocycles. The molecule has 2 rings (SSSR count). The number of hydrogen-bond acceptors (Lipinski definition) is 1. The molecule has 1 aromatic carbocycles. The van der Waals surface area contributed by atoms with Crippen LogP contribution in [0.4, 0.5) is 0 Å². The standard InChI is InChI=1S/C11H13ClN/c12-11-3-1-9(2-4-11)10-5-7-13-8-6-10/h1,3-4,10,13H,5-8H2. The summed E-state index contributed by atoms with van der Waals surface area (Å²) in [5.41, 5.74) is 1.31. The molecule has 13 heavy (non-hydrogen) atoms. The number of piperidine rings is 1. The Labute approximate surface area is 84.1 Å². The van der Waals surface area contributed by atoms with Crippen LogP contribution in [0.1, 0.15) is 24.3 Å². The fraction of sp³-hybridized carbons (Fsp3) is 0.455. The van der Waals surface area contributed by atoms with Gasteiger partial charge < -0.3 is 5.32 Å². The smallest absolute Gasteiger partial charge is 0.0412 e. The second kappa shape index (κ2) is 4.12. The molecule has 0 aliphatic carbocycles. The Kier molecular flexibility index (Phi) is 2.87. The molecule has 0 amide bonds. The molecule has 0 aromatic heterocycles. The van der Waals surface area contributed by atoms with Crippen LogP contribution >= 0.6 is 11.6 Å². The summed E-state index contributed by atoms with van der Waals surface area (Å²) < 4.78 is 0. The van der Waals surface area contributed by atoms with Crippen molar-refractivity contribution in [2.45, 2.75) is 18.8 Å². The number of hydrogen-bond donors (Lipinski definition) is 1. The predicted octanol–water partition coefficient (Wildman–Crippen LogP) is 2.61. The minimum atomic E-state index is 0.679. The lowest BCUT2D eigenvalue weighted by Gasteiger charge is -2.22. The Morgan fingerprint density at radius 1 is 1.31 bits per heavy atom. The van der Waals surface area contributed by atoms with Crippen molar-refractivity contribution >= 4 is 11.6 Å². The average molecular weight is 195 g/mol. The van der Waals surface area contributed by atoms with Crippen LogP contribution in [-0.2, 0) is 0 Å². The molecule has 1 aliphatic heterocycles. The molecule has 1 N–H and O–H groups in total. The summed E-state index contributed by atoms with van der Waals surface area (Å²) in [5, 5.41) is 4.13. The molecule has 1 fully saturated rings. The van der Waals surface area contributed by atoms with Crippen LogP contribution in [0, 0.1) is 6.07 Å². The van der Waals surface area contributed by atoms with E-state index in [-0.39, 0.29) is 0 Å². The van der Waals surface area contributed by atoms with Gasteiger partial charge in [0.05, 0.1) is 0 Å². The Bertz CT molecular complexity index is 262. The molecular weight excluding hydrogens is 182 g/mol. The third-order valence-electron chi connectivity index (χ3n) is 2.58. The van der Waals surface area contributed by atoms with Gasteiger partial charge >= 0.3 is 0 Å². The molecule has 1 aromatic rings. The van der Waals surface area contributed by atoms with E-state index in [1.54, 1.807) is 0 Å². The van der Waals surface area contributed by atoms with E-state index in [1.807, 2.05) is 12.1 Å². The highest BCUT2D eigenvalue weighted by Crippen LogP contribution is 2.25. The van der Waals surface area contributed by atoms with Crippen LogP contribution < -0.4 is 5.32 Å². The van der Waals surface area contributed by atoms with Gasteiger partial charge in [-0.3, -0.25) is 0 Å². The van der Waals surface area contributed by atoms with Crippen molar-refractivity contribution in [1.82, 2.24) is 5.32 Å². The highest BCUT2D eigenvalue weighted by Gasteiger charge is 2.14. The highest BCUT2D eigenvalue weighted by molar-refractivity contribution is 6.30. The van der Waals surface area contributed by atoms with Crippen LogP contribution in [0.3, 0.4) is 0 Å². The molecule has 1 nitrogen and oxygen atoms in total. The maximum atomic E-state index is 5.81. The second-order valence-corrected chi connectivity index (χ2v) is 3.92. The Morgan fingerprint density at radius 3 is 2.69 bits per heavy atom. The maximum Gasteiger partial charge on any atom is 0.0412 e. The molecule has 69 valence electrons. The molecule has 0 bridgehead atoms. The lowest BCUT2D eigenvalue weighted by Crippen LogP contribution is -2.26. The first-order valence-corrected chi connectivity index (χ1v) is 5.12. The van der Waals surface area contributed by atoms with E-state index >= 15 is 0 Å². The van der Waals surface area contributed by atoms with Gasteiger partial charge in [0.1, 0.15) is 0 Å². The fourth-order valence-electron chi connectivity index (χ4n) is 1.80. The van der Waals surface area contributed by atoms with E-state index in [4.69, 9.17) is 11.6 Å². The molecule has 0 unspecified atom stereocenters. The Hall–Kier alpha value is -0.530. The summed E-state index contributed by atoms with van der Waals surface area (Å²) in [6, 6.07) is 9.16. The van der Waals surface area contributed by atoms with Gasteiger partial charge in [0.2, 0.25) is 0 Å². The minimum absolute atomic E-state index is 0.679. The third-order valence-corrected chi connectivity index (χ3v) is 2.81. The highest BCUT2D eigenvalue weighted by atomic mass is 35.5. The summed E-state index contributed by atoms with van der Waals surface area (Å²) in [7, 11) is 0. The van der Waals surface area contributed by atoms with E-state index in [0.717, 1.165) is 18.1 Å². The van der Waals surface area contributed by atoms with Gasteiger partial charge in [0, 0.05) is 5.02 Å². The van der Waals surface area contributed by atoms with Gasteiger partial charge in [-0.2, -0.15) is 0 Å². The zero-order valence-electron chi connectivity index (χ0n) is 7.52. The molecular formula is C11H13ClN. The van der Waals surface area contributed by atoms with E-state index in [9.17, 15) is 0 Å². The monoisotopic (exact) mass is 194 g/mol. The zero-order valence-corrected chi connectivity index (χ0v) is 8.27. The third kappa shape index (κ3) is 2.23. The van der Waals surface area contributed by atoms with Crippen molar-refractivity contribution in [3.63, 3.8) is 0 Å². The number of benzene rings is 1. The van der Waals surface area contributed by atoms with Gasteiger partial charge in [-0.05, 0) is 55.6 Å². The Morgan fingerprint density at radius 2 is 2.08 bits per heavy atom.